The molecule has 4 nitrogen and oxygen atoms in total. The van der Waals surface area contributed by atoms with Crippen molar-refractivity contribution >= 4 is 5.91 Å². The molecule has 0 radical (unpaired) electrons. The zero-order valence-electron chi connectivity index (χ0n) is 19.9. The maximum absolute atomic E-state index is 12.0. The van der Waals surface area contributed by atoms with Gasteiger partial charge in [-0.15, -0.1) is 0 Å². The van der Waals surface area contributed by atoms with Gasteiger partial charge in [0.05, 0.1) is 6.61 Å². The van der Waals surface area contributed by atoms with Crippen LogP contribution in [0.5, 0.6) is 0 Å². The third-order valence-corrected chi connectivity index (χ3v) is 5.75. The lowest BCUT2D eigenvalue weighted by Gasteiger charge is -2.20. The predicted molar refractivity (Wildman–Crippen MR) is 126 cm³/mol. The Morgan fingerprint density at radius 2 is 1.14 bits per heavy atom. The van der Waals surface area contributed by atoms with Crippen LogP contribution in [0.1, 0.15) is 123 Å². The maximum Gasteiger partial charge on any atom is 0.221 e. The standard InChI is InChI=1S/C25H52N2O2/c1-3-5-7-9-10-11-12-13-14-15-16-17-20-26-25(29)19-22-27(23-24-28)21-18-8-6-4-2/h28H,3-24H2,1-2H3,(H,26,29). The summed E-state index contributed by atoms with van der Waals surface area (Å²) in [6.07, 6.45) is 21.6. The molecular weight excluding hydrogens is 360 g/mol. The fourth-order valence-electron chi connectivity index (χ4n) is 3.78. The van der Waals surface area contributed by atoms with E-state index in [0.29, 0.717) is 13.0 Å². The zero-order chi connectivity index (χ0) is 21.4. The Kier molecular flexibility index (Phi) is 23.2. The number of unbranched alkanes of at least 4 members (excludes halogenated alkanes) is 14. The number of hydrogen-bond donors (Lipinski definition) is 2. The Bertz CT molecular complexity index is 337. The van der Waals surface area contributed by atoms with Gasteiger partial charge in [0.15, 0.2) is 0 Å². The molecule has 0 rings (SSSR count). The minimum atomic E-state index is 0.157. The number of aliphatic hydroxyl groups is 1. The minimum Gasteiger partial charge on any atom is -0.395 e. The molecule has 0 aliphatic heterocycles. The maximum atomic E-state index is 12.0. The van der Waals surface area contributed by atoms with E-state index in [2.05, 4.69) is 24.1 Å². The molecule has 174 valence electrons. The van der Waals surface area contributed by atoms with Crippen molar-refractivity contribution in [3.63, 3.8) is 0 Å². The van der Waals surface area contributed by atoms with Gasteiger partial charge in [0.1, 0.15) is 0 Å². The van der Waals surface area contributed by atoms with Gasteiger partial charge in [-0.2, -0.15) is 0 Å². The Hall–Kier alpha value is -0.610. The molecule has 2 N–H and O–H groups in total. The van der Waals surface area contributed by atoms with Crippen molar-refractivity contribution in [3.8, 4) is 0 Å². The quantitative estimate of drug-likeness (QED) is 0.200. The largest absolute Gasteiger partial charge is 0.395 e. The zero-order valence-corrected chi connectivity index (χ0v) is 19.9. The molecule has 0 aromatic heterocycles. The molecule has 0 aromatic rings. The highest BCUT2D eigenvalue weighted by Gasteiger charge is 2.07. The van der Waals surface area contributed by atoms with Crippen LogP contribution in [-0.2, 0) is 4.79 Å². The third-order valence-electron chi connectivity index (χ3n) is 5.75. The first-order valence-corrected chi connectivity index (χ1v) is 12.8. The molecule has 4 heteroatoms. The van der Waals surface area contributed by atoms with E-state index in [1.54, 1.807) is 0 Å². The Morgan fingerprint density at radius 3 is 1.66 bits per heavy atom. The molecule has 0 saturated heterocycles. The van der Waals surface area contributed by atoms with Gasteiger partial charge in [0, 0.05) is 26.1 Å². The molecule has 0 aliphatic rings. The summed E-state index contributed by atoms with van der Waals surface area (Å²) in [6.45, 7) is 7.91. The van der Waals surface area contributed by atoms with Crippen molar-refractivity contribution in [3.05, 3.63) is 0 Å². The van der Waals surface area contributed by atoms with Crippen molar-refractivity contribution in [2.24, 2.45) is 0 Å². The fourth-order valence-corrected chi connectivity index (χ4v) is 3.78. The summed E-state index contributed by atoms with van der Waals surface area (Å²) in [6, 6.07) is 0. The van der Waals surface area contributed by atoms with Crippen molar-refractivity contribution in [2.75, 3.05) is 32.8 Å². The topological polar surface area (TPSA) is 52.6 Å². The summed E-state index contributed by atoms with van der Waals surface area (Å²) in [7, 11) is 0. The number of amides is 1. The second kappa shape index (κ2) is 23.7. The molecule has 0 unspecified atom stereocenters. The summed E-state index contributed by atoms with van der Waals surface area (Å²) >= 11 is 0. The SMILES string of the molecule is CCCCCCCCCCCCCCNC(=O)CCN(CCO)CCCCCC. The summed E-state index contributed by atoms with van der Waals surface area (Å²) in [5, 5.41) is 12.3. The van der Waals surface area contributed by atoms with Gasteiger partial charge >= 0.3 is 0 Å². The summed E-state index contributed by atoms with van der Waals surface area (Å²) < 4.78 is 0. The van der Waals surface area contributed by atoms with E-state index in [1.807, 2.05) is 0 Å². The summed E-state index contributed by atoms with van der Waals surface area (Å²) in [4.78, 5) is 14.3. The van der Waals surface area contributed by atoms with Crippen LogP contribution in [0.4, 0.5) is 0 Å². The van der Waals surface area contributed by atoms with E-state index in [9.17, 15) is 9.90 Å². The monoisotopic (exact) mass is 412 g/mol. The number of carbonyl (C=O) groups excluding carboxylic acids is 1. The fraction of sp³-hybridized carbons (Fsp3) is 0.960. The molecule has 0 spiro atoms. The Morgan fingerprint density at radius 1 is 0.655 bits per heavy atom. The van der Waals surface area contributed by atoms with Crippen molar-refractivity contribution < 1.29 is 9.90 Å². The minimum absolute atomic E-state index is 0.157. The second-order valence-corrected chi connectivity index (χ2v) is 8.61. The lowest BCUT2D eigenvalue weighted by Crippen LogP contribution is -2.33. The normalized spacial score (nSPS) is 11.3. The molecule has 0 heterocycles. The van der Waals surface area contributed by atoms with Crippen LogP contribution in [0.25, 0.3) is 0 Å². The van der Waals surface area contributed by atoms with E-state index >= 15 is 0 Å². The van der Waals surface area contributed by atoms with Crippen molar-refractivity contribution in [2.45, 2.75) is 123 Å². The van der Waals surface area contributed by atoms with Gasteiger partial charge in [-0.3, -0.25) is 4.79 Å². The lowest BCUT2D eigenvalue weighted by molar-refractivity contribution is -0.121. The number of carbonyl (C=O) groups is 1. The number of hydrogen-bond acceptors (Lipinski definition) is 3. The first-order valence-electron chi connectivity index (χ1n) is 12.8. The number of aliphatic hydroxyl groups excluding tert-OH is 1. The number of nitrogens with one attached hydrogen (secondary N) is 1. The molecular formula is C25H52N2O2. The van der Waals surface area contributed by atoms with Gasteiger partial charge in [-0.25, -0.2) is 0 Å². The van der Waals surface area contributed by atoms with E-state index in [0.717, 1.165) is 32.5 Å². The van der Waals surface area contributed by atoms with Gasteiger partial charge < -0.3 is 15.3 Å². The van der Waals surface area contributed by atoms with Crippen LogP contribution in [-0.4, -0.2) is 48.7 Å². The Labute approximate surface area is 182 Å². The van der Waals surface area contributed by atoms with E-state index in [1.165, 1.54) is 89.9 Å². The smallest absolute Gasteiger partial charge is 0.221 e. The third kappa shape index (κ3) is 21.9. The van der Waals surface area contributed by atoms with E-state index < -0.39 is 0 Å². The van der Waals surface area contributed by atoms with Crippen LogP contribution < -0.4 is 5.32 Å². The average molecular weight is 413 g/mol. The predicted octanol–water partition coefficient (Wildman–Crippen LogP) is 6.07. The first kappa shape index (κ1) is 28.4. The molecule has 1 amide bonds. The van der Waals surface area contributed by atoms with Gasteiger partial charge in [-0.05, 0) is 19.4 Å². The van der Waals surface area contributed by atoms with Crippen LogP contribution in [0.15, 0.2) is 0 Å². The van der Waals surface area contributed by atoms with Crippen LogP contribution in [0, 0.1) is 0 Å². The molecule has 0 atom stereocenters. The molecule has 29 heavy (non-hydrogen) atoms. The van der Waals surface area contributed by atoms with Crippen LogP contribution >= 0.6 is 0 Å². The molecule has 0 bridgehead atoms. The average Bonchev–Trinajstić information content (AvgIpc) is 2.72. The lowest BCUT2D eigenvalue weighted by atomic mass is 10.1. The van der Waals surface area contributed by atoms with Gasteiger partial charge in [0.25, 0.3) is 0 Å². The highest BCUT2D eigenvalue weighted by molar-refractivity contribution is 5.75. The number of rotatable bonds is 23. The summed E-state index contributed by atoms with van der Waals surface area (Å²) in [5.41, 5.74) is 0. The number of nitrogens with zero attached hydrogens (tertiary/aromatic N) is 1. The first-order chi connectivity index (χ1) is 14.2. The molecule has 0 fully saturated rings. The van der Waals surface area contributed by atoms with E-state index in [-0.39, 0.29) is 12.5 Å². The van der Waals surface area contributed by atoms with Gasteiger partial charge in [-0.1, -0.05) is 104 Å². The van der Waals surface area contributed by atoms with Crippen molar-refractivity contribution in [1.82, 2.24) is 10.2 Å². The molecule has 0 aliphatic carbocycles. The van der Waals surface area contributed by atoms with Crippen LogP contribution in [0.2, 0.25) is 0 Å². The van der Waals surface area contributed by atoms with E-state index in [4.69, 9.17) is 0 Å². The highest BCUT2D eigenvalue weighted by atomic mass is 16.3. The van der Waals surface area contributed by atoms with Gasteiger partial charge in [0.2, 0.25) is 5.91 Å². The highest BCUT2D eigenvalue weighted by Crippen LogP contribution is 2.11. The molecule has 0 saturated carbocycles. The Balaban J connectivity index is 3.45. The molecule has 0 aromatic carbocycles. The van der Waals surface area contributed by atoms with Crippen LogP contribution in [0.3, 0.4) is 0 Å². The van der Waals surface area contributed by atoms with Crippen molar-refractivity contribution in [1.29, 1.82) is 0 Å². The summed E-state index contributed by atoms with van der Waals surface area (Å²) in [5.74, 6) is 0.157. The second-order valence-electron chi connectivity index (χ2n) is 8.61.